The van der Waals surface area contributed by atoms with Gasteiger partial charge in [0.25, 0.3) is 0 Å². The van der Waals surface area contributed by atoms with Gasteiger partial charge in [-0.25, -0.2) is 14.2 Å². The molecule has 0 saturated carbocycles. The number of alkyl halides is 1. The van der Waals surface area contributed by atoms with Crippen LogP contribution in [-0.2, 0) is 10.1 Å². The maximum atomic E-state index is 12.9. The first-order valence-corrected chi connectivity index (χ1v) is 5.09. The van der Waals surface area contributed by atoms with E-state index < -0.39 is 11.8 Å². The smallest absolute Gasteiger partial charge is 0.357 e. The van der Waals surface area contributed by atoms with E-state index in [4.69, 9.17) is 11.6 Å². The largest absolute Gasteiger partial charge is 0.464 e. The molecule has 0 aliphatic rings. The van der Waals surface area contributed by atoms with Gasteiger partial charge in [0, 0.05) is 5.33 Å². The topological polar surface area (TPSA) is 39.2 Å². The van der Waals surface area contributed by atoms with E-state index in [-0.39, 0.29) is 10.8 Å². The molecule has 3 nitrogen and oxygen atoms in total. The van der Waals surface area contributed by atoms with Crippen molar-refractivity contribution in [2.45, 2.75) is 5.33 Å². The highest BCUT2D eigenvalue weighted by Gasteiger charge is 2.16. The summed E-state index contributed by atoms with van der Waals surface area (Å²) in [6, 6.07) is 1.15. The van der Waals surface area contributed by atoms with Gasteiger partial charge in [-0.3, -0.25) is 0 Å². The molecule has 6 heteroatoms. The summed E-state index contributed by atoms with van der Waals surface area (Å²) in [4.78, 5) is 14.8. The van der Waals surface area contributed by atoms with Crippen molar-refractivity contribution in [1.82, 2.24) is 4.98 Å². The van der Waals surface area contributed by atoms with Crippen molar-refractivity contribution in [3.05, 3.63) is 28.3 Å². The summed E-state index contributed by atoms with van der Waals surface area (Å²) in [5.74, 6) is -1.30. The second-order valence-electron chi connectivity index (χ2n) is 2.39. The molecule has 0 atom stereocenters. The Morgan fingerprint density at radius 1 is 1.79 bits per heavy atom. The first kappa shape index (κ1) is 11.4. The van der Waals surface area contributed by atoms with Crippen LogP contribution in [0.5, 0.6) is 0 Å². The van der Waals surface area contributed by atoms with E-state index in [9.17, 15) is 9.18 Å². The molecule has 76 valence electrons. The van der Waals surface area contributed by atoms with Crippen molar-refractivity contribution in [2.24, 2.45) is 0 Å². The van der Waals surface area contributed by atoms with Crippen molar-refractivity contribution < 1.29 is 13.9 Å². The summed E-state index contributed by atoms with van der Waals surface area (Å²) in [7, 11) is 1.22. The van der Waals surface area contributed by atoms with Crippen LogP contribution in [0.4, 0.5) is 4.39 Å². The zero-order chi connectivity index (χ0) is 10.7. The summed E-state index contributed by atoms with van der Waals surface area (Å²) in [6.45, 7) is 0. The maximum Gasteiger partial charge on any atom is 0.357 e. The van der Waals surface area contributed by atoms with E-state index in [1.807, 2.05) is 0 Å². The molecule has 0 bridgehead atoms. The molecule has 1 rings (SSSR count). The second-order valence-corrected chi connectivity index (χ2v) is 3.31. The second kappa shape index (κ2) is 4.70. The molecule has 0 aliphatic heterocycles. The highest BCUT2D eigenvalue weighted by molar-refractivity contribution is 9.08. The van der Waals surface area contributed by atoms with Gasteiger partial charge < -0.3 is 4.74 Å². The minimum Gasteiger partial charge on any atom is -0.464 e. The first-order valence-electron chi connectivity index (χ1n) is 3.59. The Morgan fingerprint density at radius 3 is 2.93 bits per heavy atom. The number of pyridine rings is 1. The molecule has 1 heterocycles. The first-order chi connectivity index (χ1) is 6.60. The fraction of sp³-hybridized carbons (Fsp3) is 0.250. The average Bonchev–Trinajstić information content (AvgIpc) is 2.20. The summed E-state index contributed by atoms with van der Waals surface area (Å²) in [5.41, 5.74) is 0.425. The van der Waals surface area contributed by atoms with Gasteiger partial charge in [-0.15, -0.1) is 0 Å². The van der Waals surface area contributed by atoms with Gasteiger partial charge in [-0.1, -0.05) is 27.5 Å². The molecular weight excluding hydrogens is 276 g/mol. The van der Waals surface area contributed by atoms with Gasteiger partial charge in [0.1, 0.15) is 0 Å². The minimum absolute atomic E-state index is 0.0239. The zero-order valence-corrected chi connectivity index (χ0v) is 9.52. The zero-order valence-electron chi connectivity index (χ0n) is 7.18. The number of halogens is 3. The fourth-order valence-electron chi connectivity index (χ4n) is 0.880. The fourth-order valence-corrected chi connectivity index (χ4v) is 1.45. The van der Waals surface area contributed by atoms with Gasteiger partial charge in [0.15, 0.2) is 16.7 Å². The molecule has 1 aromatic heterocycles. The number of esters is 1. The van der Waals surface area contributed by atoms with Crippen LogP contribution in [0.15, 0.2) is 6.07 Å². The third kappa shape index (κ3) is 2.22. The number of hydrogen-bond donors (Lipinski definition) is 0. The van der Waals surface area contributed by atoms with Crippen LogP contribution in [0.2, 0.25) is 5.15 Å². The van der Waals surface area contributed by atoms with Crippen molar-refractivity contribution in [1.29, 1.82) is 0 Å². The van der Waals surface area contributed by atoms with Crippen LogP contribution in [0.3, 0.4) is 0 Å². The maximum absolute atomic E-state index is 12.9. The molecular formula is C8H6BrClFNO2. The van der Waals surface area contributed by atoms with E-state index in [0.717, 1.165) is 6.07 Å². The molecule has 0 amide bonds. The lowest BCUT2D eigenvalue weighted by Crippen LogP contribution is -2.09. The van der Waals surface area contributed by atoms with Crippen molar-refractivity contribution in [3.8, 4) is 0 Å². The van der Waals surface area contributed by atoms with E-state index in [2.05, 4.69) is 25.7 Å². The number of methoxy groups -OCH3 is 1. The third-order valence-corrected chi connectivity index (χ3v) is 2.40. The highest BCUT2D eigenvalue weighted by atomic mass is 79.9. The minimum atomic E-state index is -0.659. The molecule has 1 aromatic rings. The number of carbonyl (C=O) groups excluding carboxylic acids is 1. The van der Waals surface area contributed by atoms with Gasteiger partial charge in [-0.05, 0) is 11.6 Å². The molecule has 0 aliphatic carbocycles. The Kier molecular flexibility index (Phi) is 3.83. The number of carbonyl (C=O) groups is 1. The summed E-state index contributed by atoms with van der Waals surface area (Å²) in [6.07, 6.45) is 0. The molecule has 14 heavy (non-hydrogen) atoms. The summed E-state index contributed by atoms with van der Waals surface area (Å²) in [5, 5.41) is -0.0338. The Balaban J connectivity index is 3.27. The third-order valence-electron chi connectivity index (χ3n) is 1.53. The number of ether oxygens (including phenoxy) is 1. The molecule has 0 radical (unpaired) electrons. The molecule has 0 saturated heterocycles. The number of aromatic nitrogens is 1. The average molecular weight is 282 g/mol. The Labute approximate surface area is 93.4 Å². The van der Waals surface area contributed by atoms with Gasteiger partial charge in [0.2, 0.25) is 0 Å². The van der Waals surface area contributed by atoms with Crippen molar-refractivity contribution in [2.75, 3.05) is 7.11 Å². The Bertz CT molecular complexity index is 373. The Morgan fingerprint density at radius 2 is 2.43 bits per heavy atom. The van der Waals surface area contributed by atoms with Crippen LogP contribution in [-0.4, -0.2) is 18.1 Å². The SMILES string of the molecule is COC(=O)c1nc(Cl)c(F)cc1CBr. The highest BCUT2D eigenvalue weighted by Crippen LogP contribution is 2.19. The Hall–Kier alpha value is -0.680. The lowest BCUT2D eigenvalue weighted by Gasteiger charge is -2.05. The van der Waals surface area contributed by atoms with E-state index in [0.29, 0.717) is 10.9 Å². The molecule has 0 aromatic carbocycles. The monoisotopic (exact) mass is 281 g/mol. The molecule has 0 unspecified atom stereocenters. The lowest BCUT2D eigenvalue weighted by atomic mass is 10.2. The molecule has 0 spiro atoms. The van der Waals surface area contributed by atoms with E-state index in [1.54, 1.807) is 0 Å². The number of rotatable bonds is 2. The van der Waals surface area contributed by atoms with Crippen LogP contribution in [0.25, 0.3) is 0 Å². The summed E-state index contributed by atoms with van der Waals surface area (Å²) < 4.78 is 17.4. The summed E-state index contributed by atoms with van der Waals surface area (Å²) >= 11 is 8.54. The predicted octanol–water partition coefficient (Wildman–Crippen LogP) is 2.56. The predicted molar refractivity (Wildman–Crippen MR) is 53.2 cm³/mol. The van der Waals surface area contributed by atoms with Crippen molar-refractivity contribution >= 4 is 33.5 Å². The van der Waals surface area contributed by atoms with Crippen LogP contribution in [0, 0.1) is 5.82 Å². The standard InChI is InChI=1S/C8H6BrClFNO2/c1-14-8(13)6-4(3-9)2-5(11)7(10)12-6/h2H,3H2,1H3. The molecule has 0 fully saturated rings. The quantitative estimate of drug-likeness (QED) is 0.475. The van der Waals surface area contributed by atoms with E-state index >= 15 is 0 Å². The van der Waals surface area contributed by atoms with E-state index in [1.165, 1.54) is 7.11 Å². The normalized spacial score (nSPS) is 10.0. The number of hydrogen-bond acceptors (Lipinski definition) is 3. The van der Waals surface area contributed by atoms with Gasteiger partial charge in [0.05, 0.1) is 7.11 Å². The molecule has 0 N–H and O–H groups in total. The number of nitrogens with zero attached hydrogens (tertiary/aromatic N) is 1. The lowest BCUT2D eigenvalue weighted by molar-refractivity contribution is 0.0593. The van der Waals surface area contributed by atoms with Gasteiger partial charge in [-0.2, -0.15) is 0 Å². The van der Waals surface area contributed by atoms with Crippen LogP contribution < -0.4 is 0 Å². The van der Waals surface area contributed by atoms with Gasteiger partial charge >= 0.3 is 5.97 Å². The van der Waals surface area contributed by atoms with Crippen LogP contribution >= 0.6 is 27.5 Å². The van der Waals surface area contributed by atoms with Crippen LogP contribution in [0.1, 0.15) is 16.1 Å². The van der Waals surface area contributed by atoms with Crippen molar-refractivity contribution in [3.63, 3.8) is 0 Å².